The highest BCUT2D eigenvalue weighted by atomic mass is 19.4. The number of anilines is 2. The summed E-state index contributed by atoms with van der Waals surface area (Å²) in [6.07, 6.45) is 0.288. The summed E-state index contributed by atoms with van der Waals surface area (Å²) >= 11 is 0. The number of nitrogens with zero attached hydrogens (tertiary/aromatic N) is 3. The molecule has 1 fully saturated rings. The molecule has 0 saturated heterocycles. The average Bonchev–Trinajstić information content (AvgIpc) is 2.90. The molecule has 0 atom stereocenters. The van der Waals surface area contributed by atoms with Crippen molar-refractivity contribution in [2.45, 2.75) is 37.9 Å². The smallest absolute Gasteiger partial charge is 0.384 e. The second-order valence-corrected chi connectivity index (χ2v) is 5.35. The van der Waals surface area contributed by atoms with Gasteiger partial charge in [0.1, 0.15) is 11.6 Å². The topological polar surface area (TPSA) is 67.1 Å². The molecule has 1 aliphatic rings. The third-order valence-corrected chi connectivity index (χ3v) is 3.72. The zero-order valence-corrected chi connectivity index (χ0v) is 12.0. The summed E-state index contributed by atoms with van der Waals surface area (Å²) < 4.78 is 37.8. The fourth-order valence-corrected chi connectivity index (χ4v) is 2.57. The van der Waals surface area contributed by atoms with E-state index >= 15 is 0 Å². The first-order valence-corrected chi connectivity index (χ1v) is 7.02. The predicted octanol–water partition coefficient (Wildman–Crippen LogP) is 2.36. The molecule has 8 heteroatoms. The molecular formula is C13H20F3N5. The molecule has 5 nitrogen and oxygen atoms in total. The van der Waals surface area contributed by atoms with E-state index in [4.69, 9.17) is 5.73 Å². The van der Waals surface area contributed by atoms with Gasteiger partial charge in [-0.15, -0.1) is 0 Å². The summed E-state index contributed by atoms with van der Waals surface area (Å²) in [5.41, 5.74) is 5.39. The molecule has 118 valence electrons. The first kappa shape index (κ1) is 15.8. The molecule has 0 unspecified atom stereocenters. The van der Waals surface area contributed by atoms with E-state index < -0.39 is 12.0 Å². The number of nitrogen functional groups attached to an aromatic ring is 1. The minimum Gasteiger partial charge on any atom is -0.384 e. The minimum atomic E-state index is -4.59. The Hall–Kier alpha value is -1.57. The lowest BCUT2D eigenvalue weighted by atomic mass is 10.2. The van der Waals surface area contributed by atoms with Gasteiger partial charge in [0, 0.05) is 25.2 Å². The van der Waals surface area contributed by atoms with Gasteiger partial charge in [-0.3, -0.25) is 0 Å². The van der Waals surface area contributed by atoms with E-state index in [1.807, 2.05) is 7.05 Å². The van der Waals surface area contributed by atoms with Gasteiger partial charge in [-0.1, -0.05) is 12.8 Å². The van der Waals surface area contributed by atoms with Gasteiger partial charge in [-0.25, -0.2) is 9.97 Å². The van der Waals surface area contributed by atoms with Gasteiger partial charge < -0.3 is 16.0 Å². The third kappa shape index (κ3) is 4.45. The largest absolute Gasteiger partial charge is 0.451 e. The van der Waals surface area contributed by atoms with Gasteiger partial charge in [-0.05, 0) is 19.9 Å². The minimum absolute atomic E-state index is 0.106. The Morgan fingerprint density at radius 3 is 2.62 bits per heavy atom. The molecular weight excluding hydrogens is 283 g/mol. The van der Waals surface area contributed by atoms with Crippen LogP contribution in [0, 0.1) is 0 Å². The molecule has 0 bridgehead atoms. The molecule has 0 aromatic carbocycles. The van der Waals surface area contributed by atoms with Crippen molar-refractivity contribution in [2.24, 2.45) is 0 Å². The Morgan fingerprint density at radius 1 is 1.33 bits per heavy atom. The number of halogens is 3. The van der Waals surface area contributed by atoms with Crippen LogP contribution in [0.15, 0.2) is 6.07 Å². The van der Waals surface area contributed by atoms with Crippen LogP contribution >= 0.6 is 0 Å². The predicted molar refractivity (Wildman–Crippen MR) is 74.8 cm³/mol. The molecule has 0 spiro atoms. The lowest BCUT2D eigenvalue weighted by Gasteiger charge is -2.24. The second kappa shape index (κ2) is 6.46. The highest BCUT2D eigenvalue weighted by molar-refractivity contribution is 5.44. The van der Waals surface area contributed by atoms with Crippen molar-refractivity contribution in [3.8, 4) is 0 Å². The summed E-state index contributed by atoms with van der Waals surface area (Å²) in [5.74, 6) is -1.30. The van der Waals surface area contributed by atoms with Crippen molar-refractivity contribution in [3.63, 3.8) is 0 Å². The van der Waals surface area contributed by atoms with Crippen LogP contribution in [0.2, 0.25) is 0 Å². The van der Waals surface area contributed by atoms with Crippen LogP contribution in [-0.4, -0.2) is 41.0 Å². The van der Waals surface area contributed by atoms with Crippen molar-refractivity contribution >= 4 is 11.6 Å². The van der Waals surface area contributed by atoms with E-state index in [9.17, 15) is 13.2 Å². The standard InChI is InChI=1S/C13H20F3N5/c1-21(9-4-2-3-5-9)7-6-18-11-8-10(17)19-12(20-11)13(14,15)16/h8-9H,2-7H2,1H3,(H3,17,18,19,20). The molecule has 3 N–H and O–H groups in total. The number of hydrogen-bond acceptors (Lipinski definition) is 5. The number of nitrogens with one attached hydrogen (secondary N) is 1. The van der Waals surface area contributed by atoms with E-state index in [-0.39, 0.29) is 11.6 Å². The van der Waals surface area contributed by atoms with Crippen LogP contribution in [-0.2, 0) is 6.18 Å². The number of alkyl halides is 3. The molecule has 0 radical (unpaired) electrons. The van der Waals surface area contributed by atoms with Crippen molar-refractivity contribution in [1.29, 1.82) is 0 Å². The Morgan fingerprint density at radius 2 is 2.00 bits per heavy atom. The van der Waals surface area contributed by atoms with Gasteiger partial charge in [0.25, 0.3) is 0 Å². The van der Waals surface area contributed by atoms with Gasteiger partial charge >= 0.3 is 6.18 Å². The van der Waals surface area contributed by atoms with E-state index in [0.29, 0.717) is 12.6 Å². The molecule has 1 heterocycles. The lowest BCUT2D eigenvalue weighted by Crippen LogP contribution is -2.33. The van der Waals surface area contributed by atoms with Crippen LogP contribution in [0.25, 0.3) is 0 Å². The van der Waals surface area contributed by atoms with E-state index in [1.165, 1.54) is 31.7 Å². The Bertz CT molecular complexity index is 471. The van der Waals surface area contributed by atoms with Crippen molar-refractivity contribution in [3.05, 3.63) is 11.9 Å². The quantitative estimate of drug-likeness (QED) is 0.874. The first-order valence-electron chi connectivity index (χ1n) is 7.02. The van der Waals surface area contributed by atoms with E-state index in [0.717, 1.165) is 6.54 Å². The molecule has 1 saturated carbocycles. The van der Waals surface area contributed by atoms with Crippen LogP contribution in [0.1, 0.15) is 31.5 Å². The Labute approximate surface area is 121 Å². The summed E-state index contributed by atoms with van der Waals surface area (Å²) in [6, 6.07) is 1.89. The zero-order valence-electron chi connectivity index (χ0n) is 12.0. The van der Waals surface area contributed by atoms with Crippen molar-refractivity contribution in [1.82, 2.24) is 14.9 Å². The van der Waals surface area contributed by atoms with Gasteiger partial charge in [0.05, 0.1) is 0 Å². The maximum absolute atomic E-state index is 12.6. The number of nitrogens with two attached hydrogens (primary N) is 1. The van der Waals surface area contributed by atoms with Crippen molar-refractivity contribution in [2.75, 3.05) is 31.2 Å². The number of aromatic nitrogens is 2. The highest BCUT2D eigenvalue weighted by Gasteiger charge is 2.35. The SMILES string of the molecule is CN(CCNc1cc(N)nc(C(F)(F)F)n1)C1CCCC1. The first-order chi connectivity index (χ1) is 9.86. The molecule has 0 aliphatic heterocycles. The second-order valence-electron chi connectivity index (χ2n) is 5.35. The molecule has 1 aliphatic carbocycles. The lowest BCUT2D eigenvalue weighted by molar-refractivity contribution is -0.144. The summed E-state index contributed by atoms with van der Waals surface area (Å²) in [5, 5.41) is 2.88. The normalized spacial score (nSPS) is 16.6. The average molecular weight is 303 g/mol. The Kier molecular flexibility index (Phi) is 4.87. The summed E-state index contributed by atoms with van der Waals surface area (Å²) in [7, 11) is 2.03. The number of hydrogen-bond donors (Lipinski definition) is 2. The van der Waals surface area contributed by atoms with Crippen LogP contribution in [0.4, 0.5) is 24.8 Å². The van der Waals surface area contributed by atoms with Gasteiger partial charge in [0.2, 0.25) is 5.82 Å². The maximum Gasteiger partial charge on any atom is 0.451 e. The zero-order chi connectivity index (χ0) is 15.5. The third-order valence-electron chi connectivity index (χ3n) is 3.72. The monoisotopic (exact) mass is 303 g/mol. The fraction of sp³-hybridized carbons (Fsp3) is 0.692. The summed E-state index contributed by atoms with van der Waals surface area (Å²) in [4.78, 5) is 8.89. The molecule has 0 amide bonds. The van der Waals surface area contributed by atoms with Gasteiger partial charge in [-0.2, -0.15) is 13.2 Å². The summed E-state index contributed by atoms with van der Waals surface area (Å²) in [6.45, 7) is 1.26. The Balaban J connectivity index is 1.89. The number of rotatable bonds is 5. The maximum atomic E-state index is 12.6. The van der Waals surface area contributed by atoms with Crippen LogP contribution in [0.3, 0.4) is 0 Å². The molecule has 2 rings (SSSR count). The molecule has 21 heavy (non-hydrogen) atoms. The number of likely N-dealkylation sites (N-methyl/N-ethyl adjacent to an activating group) is 1. The van der Waals surface area contributed by atoms with Crippen molar-refractivity contribution < 1.29 is 13.2 Å². The van der Waals surface area contributed by atoms with E-state index in [2.05, 4.69) is 20.2 Å². The highest BCUT2D eigenvalue weighted by Crippen LogP contribution is 2.27. The molecule has 1 aromatic heterocycles. The van der Waals surface area contributed by atoms with Gasteiger partial charge in [0.15, 0.2) is 0 Å². The van der Waals surface area contributed by atoms with Crippen LogP contribution < -0.4 is 11.1 Å². The molecule has 1 aromatic rings. The fourth-order valence-electron chi connectivity index (χ4n) is 2.57. The van der Waals surface area contributed by atoms with Crippen LogP contribution in [0.5, 0.6) is 0 Å². The van der Waals surface area contributed by atoms with E-state index in [1.54, 1.807) is 0 Å².